The minimum atomic E-state index is -3.40. The van der Waals surface area contributed by atoms with Crippen LogP contribution in [0.1, 0.15) is 39.0 Å². The molecule has 0 aromatic heterocycles. The Morgan fingerprint density at radius 3 is 2.15 bits per heavy atom. The zero-order valence-corrected chi connectivity index (χ0v) is 13.8. The maximum Gasteiger partial charge on any atom is 0.241 e. The molecule has 0 aromatic carbocycles. The fourth-order valence-electron chi connectivity index (χ4n) is 3.01. The molecular formula is C13H25ClN2O3S. The van der Waals surface area contributed by atoms with Gasteiger partial charge in [0.15, 0.2) is 14.6 Å². The summed E-state index contributed by atoms with van der Waals surface area (Å²) < 4.78 is 22.9. The summed E-state index contributed by atoms with van der Waals surface area (Å²) in [6.45, 7) is 3.90. The molecule has 0 atom stereocenters. The molecule has 1 aliphatic heterocycles. The van der Waals surface area contributed by atoms with Crippen molar-refractivity contribution in [2.45, 2.75) is 43.8 Å². The SMILES string of the molecule is CC1(CNC(=O)C2(S(C)(=O)=O)CCNCC2)CCC1.Cl. The third kappa shape index (κ3) is 3.28. The summed E-state index contributed by atoms with van der Waals surface area (Å²) in [6.07, 6.45) is 5.35. The second-order valence-electron chi connectivity index (χ2n) is 6.36. The minimum Gasteiger partial charge on any atom is -0.354 e. The van der Waals surface area contributed by atoms with E-state index < -0.39 is 14.6 Å². The summed E-state index contributed by atoms with van der Waals surface area (Å²) >= 11 is 0. The molecule has 118 valence electrons. The van der Waals surface area contributed by atoms with Gasteiger partial charge in [-0.3, -0.25) is 4.79 Å². The summed E-state index contributed by atoms with van der Waals surface area (Å²) in [4.78, 5) is 12.4. The number of hydrogen-bond acceptors (Lipinski definition) is 4. The smallest absolute Gasteiger partial charge is 0.241 e. The first-order valence-electron chi connectivity index (χ1n) is 6.98. The first-order valence-corrected chi connectivity index (χ1v) is 8.87. The van der Waals surface area contributed by atoms with Crippen molar-refractivity contribution < 1.29 is 13.2 Å². The molecule has 1 saturated heterocycles. The summed E-state index contributed by atoms with van der Waals surface area (Å²) in [7, 11) is -3.40. The van der Waals surface area contributed by atoms with Gasteiger partial charge in [-0.15, -0.1) is 12.4 Å². The molecule has 0 unspecified atom stereocenters. The monoisotopic (exact) mass is 324 g/mol. The lowest BCUT2D eigenvalue weighted by molar-refractivity contribution is -0.125. The van der Waals surface area contributed by atoms with E-state index in [0.29, 0.717) is 32.5 Å². The van der Waals surface area contributed by atoms with Gasteiger partial charge in [0.25, 0.3) is 0 Å². The van der Waals surface area contributed by atoms with E-state index >= 15 is 0 Å². The van der Waals surface area contributed by atoms with Gasteiger partial charge in [-0.1, -0.05) is 13.3 Å². The lowest BCUT2D eigenvalue weighted by Gasteiger charge is -2.40. The highest BCUT2D eigenvalue weighted by Gasteiger charge is 2.49. The fourth-order valence-corrected chi connectivity index (χ4v) is 4.36. The van der Waals surface area contributed by atoms with Gasteiger partial charge in [0, 0.05) is 12.8 Å². The van der Waals surface area contributed by atoms with E-state index in [-0.39, 0.29) is 23.7 Å². The van der Waals surface area contributed by atoms with Gasteiger partial charge in [0.1, 0.15) is 0 Å². The van der Waals surface area contributed by atoms with Crippen LogP contribution in [0.4, 0.5) is 0 Å². The van der Waals surface area contributed by atoms with E-state index in [1.165, 1.54) is 12.7 Å². The fraction of sp³-hybridized carbons (Fsp3) is 0.923. The number of hydrogen-bond donors (Lipinski definition) is 2. The van der Waals surface area contributed by atoms with E-state index in [9.17, 15) is 13.2 Å². The Labute approximate surface area is 127 Å². The number of amides is 1. The summed E-state index contributed by atoms with van der Waals surface area (Å²) in [5.41, 5.74) is 0.168. The van der Waals surface area contributed by atoms with E-state index in [4.69, 9.17) is 0 Å². The van der Waals surface area contributed by atoms with Gasteiger partial charge in [-0.2, -0.15) is 0 Å². The lowest BCUT2D eigenvalue weighted by Crippen LogP contribution is -2.58. The Balaban J connectivity index is 0.00000200. The zero-order chi connectivity index (χ0) is 14.1. The van der Waals surface area contributed by atoms with Crippen LogP contribution in [0.5, 0.6) is 0 Å². The van der Waals surface area contributed by atoms with Gasteiger partial charge in [-0.05, 0) is 44.2 Å². The Bertz CT molecular complexity index is 454. The van der Waals surface area contributed by atoms with Crippen LogP contribution in [-0.4, -0.2) is 45.0 Å². The second-order valence-corrected chi connectivity index (χ2v) is 8.69. The van der Waals surface area contributed by atoms with Gasteiger partial charge in [0.2, 0.25) is 5.91 Å². The third-order valence-corrected chi connectivity index (χ3v) is 6.78. The second kappa shape index (κ2) is 6.20. The average Bonchev–Trinajstić information content (AvgIpc) is 2.33. The van der Waals surface area contributed by atoms with Gasteiger partial charge >= 0.3 is 0 Å². The molecule has 2 fully saturated rings. The average molecular weight is 325 g/mol. The topological polar surface area (TPSA) is 75.3 Å². The highest BCUT2D eigenvalue weighted by Crippen LogP contribution is 2.39. The molecule has 2 N–H and O–H groups in total. The molecule has 1 aliphatic carbocycles. The third-order valence-electron chi connectivity index (χ3n) is 4.77. The first-order chi connectivity index (χ1) is 8.79. The van der Waals surface area contributed by atoms with Gasteiger partial charge < -0.3 is 10.6 Å². The summed E-state index contributed by atoms with van der Waals surface area (Å²) in [5, 5.41) is 6.01. The van der Waals surface area contributed by atoms with Gasteiger partial charge in [0.05, 0.1) is 0 Å². The van der Waals surface area contributed by atoms with Crippen LogP contribution < -0.4 is 10.6 Å². The Morgan fingerprint density at radius 1 is 1.20 bits per heavy atom. The van der Waals surface area contributed by atoms with Crippen molar-refractivity contribution in [2.75, 3.05) is 25.9 Å². The van der Waals surface area contributed by atoms with Crippen LogP contribution in [-0.2, 0) is 14.6 Å². The lowest BCUT2D eigenvalue weighted by atomic mass is 9.70. The standard InChI is InChI=1S/C13H24N2O3S.ClH/c1-12(4-3-5-12)10-15-11(16)13(19(2,17)18)6-8-14-9-7-13;/h14H,3-10H2,1-2H3,(H,15,16);1H. The largest absolute Gasteiger partial charge is 0.354 e. The van der Waals surface area contributed by atoms with Crippen molar-refractivity contribution in [1.29, 1.82) is 0 Å². The normalized spacial score (nSPS) is 24.1. The van der Waals surface area contributed by atoms with Crippen LogP contribution in [0, 0.1) is 5.41 Å². The molecule has 2 aliphatic rings. The van der Waals surface area contributed by atoms with Crippen molar-refractivity contribution in [3.63, 3.8) is 0 Å². The quantitative estimate of drug-likeness (QED) is 0.805. The summed E-state index contributed by atoms with van der Waals surface area (Å²) in [6, 6.07) is 0. The maximum atomic E-state index is 12.4. The highest BCUT2D eigenvalue weighted by molar-refractivity contribution is 7.92. The van der Waals surface area contributed by atoms with Crippen LogP contribution in [0.15, 0.2) is 0 Å². The molecule has 1 heterocycles. The molecule has 0 bridgehead atoms. The number of sulfone groups is 1. The molecule has 2 rings (SSSR count). The van der Waals surface area contributed by atoms with Crippen molar-refractivity contribution in [1.82, 2.24) is 10.6 Å². The molecule has 0 aromatic rings. The first kappa shape index (κ1) is 17.7. The van der Waals surface area contributed by atoms with Crippen LogP contribution in [0.2, 0.25) is 0 Å². The predicted molar refractivity (Wildman–Crippen MR) is 81.9 cm³/mol. The number of carbonyl (C=O) groups excluding carboxylic acids is 1. The van der Waals surface area contributed by atoms with Crippen LogP contribution >= 0.6 is 12.4 Å². The molecule has 20 heavy (non-hydrogen) atoms. The molecule has 0 spiro atoms. The highest BCUT2D eigenvalue weighted by atomic mass is 35.5. The zero-order valence-electron chi connectivity index (χ0n) is 12.2. The summed E-state index contributed by atoms with van der Waals surface area (Å²) in [5.74, 6) is -0.301. The Hall–Kier alpha value is -0.330. The molecule has 1 amide bonds. The Kier molecular flexibility index (Phi) is 5.49. The number of carbonyl (C=O) groups is 1. The predicted octanol–water partition coefficient (Wildman–Crippen LogP) is 0.881. The van der Waals surface area contributed by atoms with E-state index in [0.717, 1.165) is 12.8 Å². The molecule has 0 radical (unpaired) electrons. The maximum absolute atomic E-state index is 12.4. The van der Waals surface area contributed by atoms with E-state index in [1.54, 1.807) is 0 Å². The number of halogens is 1. The van der Waals surface area contributed by atoms with Crippen LogP contribution in [0.25, 0.3) is 0 Å². The number of nitrogens with one attached hydrogen (secondary N) is 2. The van der Waals surface area contributed by atoms with E-state index in [1.807, 2.05) is 0 Å². The van der Waals surface area contributed by atoms with Crippen LogP contribution in [0.3, 0.4) is 0 Å². The van der Waals surface area contributed by atoms with Crippen molar-refractivity contribution in [3.05, 3.63) is 0 Å². The number of rotatable bonds is 4. The van der Waals surface area contributed by atoms with E-state index in [2.05, 4.69) is 17.6 Å². The minimum absolute atomic E-state index is 0. The van der Waals surface area contributed by atoms with Crippen molar-refractivity contribution in [3.8, 4) is 0 Å². The molecule has 5 nitrogen and oxygen atoms in total. The Morgan fingerprint density at radius 2 is 1.75 bits per heavy atom. The van der Waals surface area contributed by atoms with Crippen molar-refractivity contribution >= 4 is 28.2 Å². The molecular weight excluding hydrogens is 300 g/mol. The van der Waals surface area contributed by atoms with Gasteiger partial charge in [-0.25, -0.2) is 8.42 Å². The van der Waals surface area contributed by atoms with Crippen molar-refractivity contribution in [2.24, 2.45) is 5.41 Å². The number of piperidine rings is 1. The molecule has 1 saturated carbocycles. The molecule has 7 heteroatoms.